The number of ether oxygens (including phenoxy) is 1. The fourth-order valence-corrected chi connectivity index (χ4v) is 1.46. The number of hydrogen-bond donors (Lipinski definition) is 1. The molecule has 1 fully saturated rings. The summed E-state index contributed by atoms with van der Waals surface area (Å²) in [5.74, 6) is 0. The van der Waals surface area contributed by atoms with E-state index in [-0.39, 0.29) is 0 Å². The molecular weight excluding hydrogens is 164 g/mol. The molecule has 1 aromatic heterocycles. The summed E-state index contributed by atoms with van der Waals surface area (Å²) in [5.41, 5.74) is 1.01. The highest BCUT2D eigenvalue weighted by atomic mass is 16.5. The number of aromatic nitrogens is 1. The van der Waals surface area contributed by atoms with E-state index < -0.39 is 0 Å². The van der Waals surface area contributed by atoms with Crippen molar-refractivity contribution in [2.24, 2.45) is 0 Å². The molecule has 0 spiro atoms. The Morgan fingerprint density at radius 3 is 3.23 bits per heavy atom. The van der Waals surface area contributed by atoms with E-state index in [2.05, 4.69) is 10.3 Å². The summed E-state index contributed by atoms with van der Waals surface area (Å²) in [6.07, 6.45) is 3.29. The van der Waals surface area contributed by atoms with Crippen molar-refractivity contribution in [3.8, 4) is 0 Å². The first kappa shape index (κ1) is 8.66. The van der Waals surface area contributed by atoms with E-state index in [0.717, 1.165) is 25.2 Å². The summed E-state index contributed by atoms with van der Waals surface area (Å²) in [6, 6.07) is 5.89. The van der Waals surface area contributed by atoms with Crippen LogP contribution in [0.15, 0.2) is 24.4 Å². The monoisotopic (exact) mass is 178 g/mol. The van der Waals surface area contributed by atoms with Gasteiger partial charge in [-0.3, -0.25) is 4.98 Å². The van der Waals surface area contributed by atoms with Gasteiger partial charge < -0.3 is 10.1 Å². The molecule has 3 nitrogen and oxygen atoms in total. The molecule has 0 amide bonds. The van der Waals surface area contributed by atoms with Crippen LogP contribution in [0.3, 0.4) is 0 Å². The average molecular weight is 178 g/mol. The zero-order chi connectivity index (χ0) is 8.93. The van der Waals surface area contributed by atoms with Gasteiger partial charge in [0, 0.05) is 12.7 Å². The molecule has 0 aromatic carbocycles. The average Bonchev–Trinajstić information content (AvgIpc) is 2.69. The van der Waals surface area contributed by atoms with Crippen molar-refractivity contribution in [3.63, 3.8) is 0 Å². The molecule has 2 rings (SSSR count). The molecule has 1 N–H and O–H groups in total. The predicted octanol–water partition coefficient (Wildman–Crippen LogP) is 0.960. The quantitative estimate of drug-likeness (QED) is 0.748. The second-order valence-electron chi connectivity index (χ2n) is 3.25. The first-order chi connectivity index (χ1) is 6.45. The first-order valence-corrected chi connectivity index (χ1v) is 4.67. The topological polar surface area (TPSA) is 34.1 Å². The van der Waals surface area contributed by atoms with Gasteiger partial charge in [0.05, 0.1) is 18.4 Å². The van der Waals surface area contributed by atoms with Gasteiger partial charge in [-0.1, -0.05) is 6.07 Å². The van der Waals surface area contributed by atoms with E-state index >= 15 is 0 Å². The van der Waals surface area contributed by atoms with Gasteiger partial charge in [0.1, 0.15) is 0 Å². The Hall–Kier alpha value is -0.930. The minimum atomic E-state index is 0.377. The third kappa shape index (κ3) is 2.50. The molecule has 1 atom stereocenters. The maximum atomic E-state index is 5.66. The van der Waals surface area contributed by atoms with Gasteiger partial charge in [0.25, 0.3) is 0 Å². The molecule has 0 saturated carbocycles. The second-order valence-corrected chi connectivity index (χ2v) is 3.25. The zero-order valence-corrected chi connectivity index (χ0v) is 7.57. The predicted molar refractivity (Wildman–Crippen MR) is 50.3 cm³/mol. The highest BCUT2D eigenvalue weighted by molar-refractivity contribution is 5.01. The maximum Gasteiger partial charge on any atom is 0.0892 e. The summed E-state index contributed by atoms with van der Waals surface area (Å²) in [7, 11) is 0. The van der Waals surface area contributed by atoms with Crippen LogP contribution in [0.25, 0.3) is 0 Å². The van der Waals surface area contributed by atoms with Crippen LogP contribution in [0.5, 0.6) is 0 Å². The van der Waals surface area contributed by atoms with Crippen LogP contribution in [0.2, 0.25) is 0 Å². The lowest BCUT2D eigenvalue weighted by molar-refractivity contribution is 0.0522. The summed E-state index contributed by atoms with van der Waals surface area (Å²) in [5, 5.41) is 3.26. The lowest BCUT2D eigenvalue weighted by Gasteiger charge is -2.09. The van der Waals surface area contributed by atoms with Gasteiger partial charge in [0.15, 0.2) is 0 Å². The van der Waals surface area contributed by atoms with Gasteiger partial charge in [-0.2, -0.15) is 0 Å². The maximum absolute atomic E-state index is 5.66. The van der Waals surface area contributed by atoms with E-state index in [0.29, 0.717) is 12.7 Å². The third-order valence-electron chi connectivity index (χ3n) is 2.21. The van der Waals surface area contributed by atoms with Crippen molar-refractivity contribution in [3.05, 3.63) is 30.1 Å². The van der Waals surface area contributed by atoms with Crippen LogP contribution in [0.4, 0.5) is 0 Å². The molecule has 0 radical (unpaired) electrons. The molecule has 1 aliphatic rings. The largest absolute Gasteiger partial charge is 0.371 e. The summed E-state index contributed by atoms with van der Waals surface area (Å²) < 4.78 is 5.66. The summed E-state index contributed by atoms with van der Waals surface area (Å²) in [4.78, 5) is 4.19. The van der Waals surface area contributed by atoms with Crippen molar-refractivity contribution >= 4 is 0 Å². The van der Waals surface area contributed by atoms with Gasteiger partial charge in [-0.25, -0.2) is 0 Å². The van der Waals surface area contributed by atoms with Crippen LogP contribution >= 0.6 is 0 Å². The number of hydrogen-bond acceptors (Lipinski definition) is 3. The number of nitrogens with one attached hydrogen (secondary N) is 1. The van der Waals surface area contributed by atoms with Crippen LogP contribution < -0.4 is 5.32 Å². The number of pyridine rings is 1. The molecular formula is C10H14N2O. The van der Waals surface area contributed by atoms with E-state index in [1.807, 2.05) is 18.2 Å². The first-order valence-electron chi connectivity index (χ1n) is 4.67. The van der Waals surface area contributed by atoms with Gasteiger partial charge in [0.2, 0.25) is 0 Å². The smallest absolute Gasteiger partial charge is 0.0892 e. The van der Waals surface area contributed by atoms with Crippen molar-refractivity contribution in [2.45, 2.75) is 19.1 Å². The van der Waals surface area contributed by atoms with E-state index in [4.69, 9.17) is 4.74 Å². The Labute approximate surface area is 78.1 Å². The zero-order valence-electron chi connectivity index (χ0n) is 7.57. The molecule has 2 heterocycles. The fraction of sp³-hybridized carbons (Fsp3) is 0.500. The molecule has 70 valence electrons. The standard InChI is InChI=1S/C10H14N2O/c1-2-5-12-9(3-1)8-13-10-4-6-11-7-10/h1-3,5,10-11H,4,6-8H2/t10-/m0/s1. The molecule has 0 unspecified atom stereocenters. The summed E-state index contributed by atoms with van der Waals surface area (Å²) >= 11 is 0. The van der Waals surface area contributed by atoms with E-state index in [9.17, 15) is 0 Å². The van der Waals surface area contributed by atoms with Gasteiger partial charge >= 0.3 is 0 Å². The van der Waals surface area contributed by atoms with Crippen molar-refractivity contribution in [1.29, 1.82) is 0 Å². The van der Waals surface area contributed by atoms with Crippen LogP contribution in [-0.4, -0.2) is 24.2 Å². The normalized spacial score (nSPS) is 22.0. The Morgan fingerprint density at radius 2 is 2.54 bits per heavy atom. The highest BCUT2D eigenvalue weighted by Gasteiger charge is 2.14. The summed E-state index contributed by atoms with van der Waals surface area (Å²) in [6.45, 7) is 2.69. The van der Waals surface area contributed by atoms with Gasteiger partial charge in [-0.05, 0) is 25.1 Å². The molecule has 3 heteroatoms. The van der Waals surface area contributed by atoms with Crippen molar-refractivity contribution in [1.82, 2.24) is 10.3 Å². The number of rotatable bonds is 3. The van der Waals surface area contributed by atoms with Gasteiger partial charge in [-0.15, -0.1) is 0 Å². The van der Waals surface area contributed by atoms with Crippen molar-refractivity contribution in [2.75, 3.05) is 13.1 Å². The molecule has 1 aromatic rings. The van der Waals surface area contributed by atoms with Crippen molar-refractivity contribution < 1.29 is 4.74 Å². The van der Waals surface area contributed by atoms with E-state index in [1.54, 1.807) is 6.20 Å². The lowest BCUT2D eigenvalue weighted by atomic mass is 10.3. The molecule has 1 saturated heterocycles. The Balaban J connectivity index is 1.79. The van der Waals surface area contributed by atoms with Crippen LogP contribution in [0.1, 0.15) is 12.1 Å². The third-order valence-corrected chi connectivity index (χ3v) is 2.21. The molecule has 13 heavy (non-hydrogen) atoms. The Morgan fingerprint density at radius 1 is 1.54 bits per heavy atom. The van der Waals surface area contributed by atoms with Crippen LogP contribution in [0, 0.1) is 0 Å². The molecule has 1 aliphatic heterocycles. The van der Waals surface area contributed by atoms with Crippen LogP contribution in [-0.2, 0) is 11.3 Å². The fourth-order valence-electron chi connectivity index (χ4n) is 1.46. The Bertz CT molecular complexity index is 244. The second kappa shape index (κ2) is 4.35. The lowest BCUT2D eigenvalue weighted by Crippen LogP contribution is -2.16. The minimum absolute atomic E-state index is 0.377. The molecule has 0 bridgehead atoms. The number of nitrogens with zero attached hydrogens (tertiary/aromatic N) is 1. The molecule has 0 aliphatic carbocycles. The minimum Gasteiger partial charge on any atom is -0.371 e. The van der Waals surface area contributed by atoms with E-state index in [1.165, 1.54) is 0 Å². The Kier molecular flexibility index (Phi) is 2.90. The highest BCUT2D eigenvalue weighted by Crippen LogP contribution is 2.06. The SMILES string of the molecule is c1ccc(CO[C@H]2CCNC2)nc1.